The topological polar surface area (TPSA) is 43.8 Å². The van der Waals surface area contributed by atoms with Crippen LogP contribution in [0.4, 0.5) is 0 Å². The second-order valence-electron chi connectivity index (χ2n) is 4.97. The molecule has 2 aromatic rings. The predicted molar refractivity (Wildman–Crippen MR) is 82.0 cm³/mol. The lowest BCUT2D eigenvalue weighted by molar-refractivity contribution is 0.510. The van der Waals surface area contributed by atoms with Gasteiger partial charge in [-0.3, -0.25) is 4.68 Å². The third-order valence-electron chi connectivity index (χ3n) is 3.44. The first-order valence-corrected chi connectivity index (χ1v) is 7.33. The summed E-state index contributed by atoms with van der Waals surface area (Å²) in [5.41, 5.74) is 9.53. The molecule has 2 rings (SSSR count). The van der Waals surface area contributed by atoms with Crippen molar-refractivity contribution in [2.75, 3.05) is 6.54 Å². The number of nitrogens with zero attached hydrogens (tertiary/aromatic N) is 2. The highest BCUT2D eigenvalue weighted by Crippen LogP contribution is 2.24. The zero-order valence-corrected chi connectivity index (χ0v) is 13.0. The molecule has 1 atom stereocenters. The van der Waals surface area contributed by atoms with E-state index in [2.05, 4.69) is 45.3 Å². The Labute approximate surface area is 122 Å². The molecular formula is C15H20BrN3. The highest BCUT2D eigenvalue weighted by atomic mass is 79.9. The van der Waals surface area contributed by atoms with E-state index >= 15 is 0 Å². The van der Waals surface area contributed by atoms with Crippen molar-refractivity contribution in [1.29, 1.82) is 0 Å². The smallest absolute Gasteiger partial charge is 0.0738 e. The van der Waals surface area contributed by atoms with Gasteiger partial charge in [0.05, 0.1) is 15.9 Å². The maximum Gasteiger partial charge on any atom is 0.0738 e. The van der Waals surface area contributed by atoms with E-state index in [1.165, 1.54) is 11.3 Å². The van der Waals surface area contributed by atoms with Crippen LogP contribution >= 0.6 is 15.9 Å². The lowest BCUT2D eigenvalue weighted by Crippen LogP contribution is -2.20. The third kappa shape index (κ3) is 3.45. The van der Waals surface area contributed by atoms with Gasteiger partial charge in [0.15, 0.2) is 0 Å². The van der Waals surface area contributed by atoms with Crippen molar-refractivity contribution in [1.82, 2.24) is 9.78 Å². The van der Waals surface area contributed by atoms with Crippen LogP contribution in [0.5, 0.6) is 0 Å². The van der Waals surface area contributed by atoms with Gasteiger partial charge in [0.1, 0.15) is 0 Å². The number of benzene rings is 1. The highest BCUT2D eigenvalue weighted by molar-refractivity contribution is 9.10. The fourth-order valence-electron chi connectivity index (χ4n) is 2.36. The van der Waals surface area contributed by atoms with Gasteiger partial charge in [0, 0.05) is 7.05 Å². The number of nitrogens with two attached hydrogens (primary N) is 1. The maximum absolute atomic E-state index is 5.93. The van der Waals surface area contributed by atoms with Gasteiger partial charge < -0.3 is 5.73 Å². The van der Waals surface area contributed by atoms with Crippen molar-refractivity contribution in [2.24, 2.45) is 18.7 Å². The minimum absolute atomic E-state index is 0.438. The quantitative estimate of drug-likeness (QED) is 0.920. The Kier molecular flexibility index (Phi) is 4.77. The van der Waals surface area contributed by atoms with Crippen molar-refractivity contribution in [2.45, 2.75) is 19.8 Å². The van der Waals surface area contributed by atoms with Gasteiger partial charge in [0.2, 0.25) is 0 Å². The van der Waals surface area contributed by atoms with Crippen molar-refractivity contribution in [3.8, 4) is 0 Å². The fourth-order valence-corrected chi connectivity index (χ4v) is 2.86. The van der Waals surface area contributed by atoms with Crippen molar-refractivity contribution < 1.29 is 0 Å². The summed E-state index contributed by atoms with van der Waals surface area (Å²) in [7, 11) is 1.99. The van der Waals surface area contributed by atoms with Crippen LogP contribution in [0.2, 0.25) is 0 Å². The second kappa shape index (κ2) is 6.35. The van der Waals surface area contributed by atoms with Crippen LogP contribution in [-0.4, -0.2) is 16.3 Å². The SMILES string of the molecule is Cc1nn(C)c(CC(CN)Cc2ccccc2)c1Br. The first-order valence-electron chi connectivity index (χ1n) is 6.53. The van der Waals surface area contributed by atoms with Crippen molar-refractivity contribution in [3.05, 3.63) is 51.8 Å². The van der Waals surface area contributed by atoms with E-state index in [0.29, 0.717) is 12.5 Å². The van der Waals surface area contributed by atoms with E-state index in [0.717, 1.165) is 23.0 Å². The first-order chi connectivity index (χ1) is 9.11. The number of aromatic nitrogens is 2. The predicted octanol–water partition coefficient (Wildman–Crippen LogP) is 2.85. The van der Waals surface area contributed by atoms with Gasteiger partial charge in [-0.1, -0.05) is 30.3 Å². The summed E-state index contributed by atoms with van der Waals surface area (Å²) in [5, 5.41) is 4.43. The lowest BCUT2D eigenvalue weighted by Gasteiger charge is -2.15. The molecule has 0 fully saturated rings. The standard InChI is InChI=1S/C15H20BrN3/c1-11-15(16)14(19(2)18-11)9-13(10-17)8-12-6-4-3-5-7-12/h3-7,13H,8-10,17H2,1-2H3. The first kappa shape index (κ1) is 14.3. The molecule has 0 bridgehead atoms. The molecule has 4 heteroatoms. The Morgan fingerprint density at radius 3 is 2.47 bits per heavy atom. The number of rotatable bonds is 5. The summed E-state index contributed by atoms with van der Waals surface area (Å²) in [6, 6.07) is 10.5. The molecule has 1 heterocycles. The van der Waals surface area contributed by atoms with E-state index in [4.69, 9.17) is 5.73 Å². The van der Waals surface area contributed by atoms with Gasteiger partial charge in [0.25, 0.3) is 0 Å². The third-order valence-corrected chi connectivity index (χ3v) is 4.48. The molecule has 1 aromatic heterocycles. The van der Waals surface area contributed by atoms with Gasteiger partial charge in [-0.15, -0.1) is 0 Å². The van der Waals surface area contributed by atoms with Crippen molar-refractivity contribution >= 4 is 15.9 Å². The van der Waals surface area contributed by atoms with E-state index in [1.54, 1.807) is 0 Å². The average Bonchev–Trinajstić information content (AvgIpc) is 2.65. The monoisotopic (exact) mass is 321 g/mol. The van der Waals surface area contributed by atoms with Gasteiger partial charge in [-0.25, -0.2) is 0 Å². The van der Waals surface area contributed by atoms with E-state index < -0.39 is 0 Å². The minimum Gasteiger partial charge on any atom is -0.330 e. The molecule has 0 radical (unpaired) electrons. The minimum atomic E-state index is 0.438. The number of aryl methyl sites for hydroxylation is 2. The zero-order valence-electron chi connectivity index (χ0n) is 11.4. The zero-order chi connectivity index (χ0) is 13.8. The molecule has 2 N–H and O–H groups in total. The molecule has 0 saturated carbocycles. The summed E-state index contributed by atoms with van der Waals surface area (Å²) in [6.07, 6.45) is 1.96. The van der Waals surface area contributed by atoms with E-state index in [-0.39, 0.29) is 0 Å². The Morgan fingerprint density at radius 2 is 1.95 bits per heavy atom. The fraction of sp³-hybridized carbons (Fsp3) is 0.400. The molecule has 1 aromatic carbocycles. The summed E-state index contributed by atoms with van der Waals surface area (Å²) in [5.74, 6) is 0.438. The molecule has 0 amide bonds. The Hall–Kier alpha value is -1.13. The van der Waals surface area contributed by atoms with E-state index in [9.17, 15) is 0 Å². The molecule has 3 nitrogen and oxygen atoms in total. The van der Waals surface area contributed by atoms with Crippen molar-refractivity contribution in [3.63, 3.8) is 0 Å². The van der Waals surface area contributed by atoms with Crippen LogP contribution in [0, 0.1) is 12.8 Å². The molecule has 102 valence electrons. The maximum atomic E-state index is 5.93. The normalized spacial score (nSPS) is 12.6. The van der Waals surface area contributed by atoms with Crippen LogP contribution in [-0.2, 0) is 19.9 Å². The van der Waals surface area contributed by atoms with Crippen LogP contribution in [0.3, 0.4) is 0 Å². The molecular weight excluding hydrogens is 302 g/mol. The Balaban J connectivity index is 2.11. The number of hydrogen-bond donors (Lipinski definition) is 1. The summed E-state index contributed by atoms with van der Waals surface area (Å²) >= 11 is 3.62. The molecule has 0 saturated heterocycles. The lowest BCUT2D eigenvalue weighted by atomic mass is 9.95. The molecule has 1 unspecified atom stereocenters. The molecule has 0 aliphatic heterocycles. The molecule has 0 aliphatic rings. The van der Waals surface area contributed by atoms with Gasteiger partial charge >= 0.3 is 0 Å². The summed E-state index contributed by atoms with van der Waals surface area (Å²) < 4.78 is 3.06. The molecule has 19 heavy (non-hydrogen) atoms. The second-order valence-corrected chi connectivity index (χ2v) is 5.76. The van der Waals surface area contributed by atoms with Crippen LogP contribution in [0.15, 0.2) is 34.8 Å². The molecule has 0 spiro atoms. The van der Waals surface area contributed by atoms with Gasteiger partial charge in [-0.05, 0) is 53.7 Å². The number of halogens is 1. The van der Waals surface area contributed by atoms with Crippen LogP contribution < -0.4 is 5.73 Å². The Morgan fingerprint density at radius 1 is 1.26 bits per heavy atom. The number of hydrogen-bond acceptors (Lipinski definition) is 2. The Bertz CT molecular complexity index is 534. The average molecular weight is 322 g/mol. The van der Waals surface area contributed by atoms with Gasteiger partial charge in [-0.2, -0.15) is 5.10 Å². The van der Waals surface area contributed by atoms with E-state index in [1.807, 2.05) is 24.7 Å². The summed E-state index contributed by atoms with van der Waals surface area (Å²) in [6.45, 7) is 2.70. The van der Waals surface area contributed by atoms with Crippen LogP contribution in [0.1, 0.15) is 17.0 Å². The highest BCUT2D eigenvalue weighted by Gasteiger charge is 2.16. The van der Waals surface area contributed by atoms with Crippen LogP contribution in [0.25, 0.3) is 0 Å². The largest absolute Gasteiger partial charge is 0.330 e. The molecule has 0 aliphatic carbocycles. The summed E-state index contributed by atoms with van der Waals surface area (Å²) in [4.78, 5) is 0.